The van der Waals surface area contributed by atoms with Crippen LogP contribution in [0.15, 0.2) is 78.9 Å². The van der Waals surface area contributed by atoms with E-state index in [1.807, 2.05) is 30.3 Å². The summed E-state index contributed by atoms with van der Waals surface area (Å²) in [5, 5.41) is 0. The van der Waals surface area contributed by atoms with Crippen LogP contribution in [-0.2, 0) is 20.4 Å². The monoisotopic (exact) mass is 466 g/mol. The molecule has 0 atom stereocenters. The zero-order valence-corrected chi connectivity index (χ0v) is 18.9. The molecule has 3 aromatic carbocycles. The summed E-state index contributed by atoms with van der Waals surface area (Å²) >= 11 is 13.5. The Morgan fingerprint density at radius 1 is 0.844 bits per heavy atom. The van der Waals surface area contributed by atoms with Gasteiger partial charge in [0.05, 0.1) is 11.1 Å². The van der Waals surface area contributed by atoms with Crippen LogP contribution < -0.4 is 0 Å². The van der Waals surface area contributed by atoms with Crippen molar-refractivity contribution in [2.24, 2.45) is 0 Å². The van der Waals surface area contributed by atoms with Crippen molar-refractivity contribution in [1.29, 1.82) is 0 Å². The molecule has 0 bridgehead atoms. The van der Waals surface area contributed by atoms with Crippen LogP contribution >= 0.6 is 23.2 Å². The van der Waals surface area contributed by atoms with E-state index in [1.54, 1.807) is 43.3 Å². The summed E-state index contributed by atoms with van der Waals surface area (Å²) < 4.78 is 9.22. The van der Waals surface area contributed by atoms with E-state index in [-0.39, 0.29) is 13.2 Å². The molecule has 0 saturated carbocycles. The third kappa shape index (κ3) is 4.29. The van der Waals surface area contributed by atoms with Crippen molar-refractivity contribution < 1.29 is 19.1 Å². The number of halogens is 2. The molecule has 162 valence electrons. The number of rotatable bonds is 6. The van der Waals surface area contributed by atoms with E-state index in [1.165, 1.54) is 0 Å². The lowest BCUT2D eigenvalue weighted by Crippen LogP contribution is -2.12. The van der Waals surface area contributed by atoms with E-state index in [2.05, 4.69) is 6.58 Å². The highest BCUT2D eigenvalue weighted by molar-refractivity contribution is 6.51. The highest BCUT2D eigenvalue weighted by Gasteiger charge is 2.41. The maximum atomic E-state index is 12.6. The fourth-order valence-corrected chi connectivity index (χ4v) is 4.18. The predicted octanol–water partition coefficient (Wildman–Crippen LogP) is 6.44. The molecular weight excluding hydrogens is 447 g/mol. The summed E-state index contributed by atoms with van der Waals surface area (Å²) in [7, 11) is 0. The number of carbonyl (C=O) groups excluding carboxylic acids is 2. The van der Waals surface area contributed by atoms with Gasteiger partial charge in [0.25, 0.3) is 0 Å². The Kier molecular flexibility index (Phi) is 6.09. The highest BCUT2D eigenvalue weighted by Crippen LogP contribution is 2.54. The average Bonchev–Trinajstić information content (AvgIpc) is 3.02. The summed E-state index contributed by atoms with van der Waals surface area (Å²) in [6.45, 7) is 5.80. The zero-order chi connectivity index (χ0) is 22.9. The largest absolute Gasteiger partial charge is 0.458 e. The van der Waals surface area contributed by atoms with Gasteiger partial charge in [0.1, 0.15) is 13.2 Å². The van der Waals surface area contributed by atoms with Gasteiger partial charge in [-0.25, -0.2) is 9.59 Å². The van der Waals surface area contributed by atoms with E-state index in [0.717, 1.165) is 22.3 Å². The van der Waals surface area contributed by atoms with Gasteiger partial charge in [-0.05, 0) is 53.5 Å². The van der Waals surface area contributed by atoms with Crippen LogP contribution in [0.3, 0.4) is 0 Å². The molecule has 0 amide bonds. The third-order valence-electron chi connectivity index (χ3n) is 5.14. The first-order chi connectivity index (χ1) is 15.3. The molecule has 4 nitrogen and oxygen atoms in total. The molecule has 3 aromatic rings. The highest BCUT2D eigenvalue weighted by atomic mass is 35.5. The first-order valence-corrected chi connectivity index (χ1v) is 10.7. The molecule has 0 aliphatic heterocycles. The van der Waals surface area contributed by atoms with Crippen LogP contribution in [0, 0.1) is 0 Å². The maximum absolute atomic E-state index is 12.6. The molecule has 0 radical (unpaired) electrons. The fraction of sp³-hybridized carbons (Fsp3) is 0.154. The van der Waals surface area contributed by atoms with Gasteiger partial charge in [0.2, 0.25) is 0 Å². The molecule has 1 aliphatic carbocycles. The Labute approximate surface area is 196 Å². The van der Waals surface area contributed by atoms with Crippen LogP contribution in [0.25, 0.3) is 11.1 Å². The van der Waals surface area contributed by atoms with Gasteiger partial charge in [-0.2, -0.15) is 0 Å². The minimum Gasteiger partial charge on any atom is -0.458 e. The first-order valence-electron chi connectivity index (χ1n) is 9.97. The Hall–Kier alpha value is -3.08. The number of alkyl halides is 2. The van der Waals surface area contributed by atoms with Gasteiger partial charge >= 0.3 is 11.9 Å². The molecule has 32 heavy (non-hydrogen) atoms. The number of esters is 2. The van der Waals surface area contributed by atoms with E-state index >= 15 is 0 Å². The van der Waals surface area contributed by atoms with Crippen molar-refractivity contribution in [3.05, 3.63) is 107 Å². The predicted molar refractivity (Wildman–Crippen MR) is 125 cm³/mol. The number of carbonyl (C=O) groups is 2. The molecule has 0 unspecified atom stereocenters. The van der Waals surface area contributed by atoms with Crippen LogP contribution in [0.2, 0.25) is 0 Å². The summed E-state index contributed by atoms with van der Waals surface area (Å²) in [6, 6.07) is 19.6. The number of hydrogen-bond acceptors (Lipinski definition) is 4. The van der Waals surface area contributed by atoms with Crippen molar-refractivity contribution in [2.75, 3.05) is 6.61 Å². The third-order valence-corrected chi connectivity index (χ3v) is 5.95. The quantitative estimate of drug-likeness (QED) is 0.238. The fourth-order valence-electron chi connectivity index (χ4n) is 3.56. The minimum absolute atomic E-state index is 0.136. The minimum atomic E-state index is -1.43. The molecule has 0 N–H and O–H groups in total. The average molecular weight is 467 g/mol. The van der Waals surface area contributed by atoms with Gasteiger partial charge < -0.3 is 9.47 Å². The van der Waals surface area contributed by atoms with Crippen LogP contribution in [0.4, 0.5) is 0 Å². The molecule has 0 saturated heterocycles. The smallest absolute Gasteiger partial charge is 0.338 e. The molecule has 6 heteroatoms. The first kappa shape index (κ1) is 22.1. The second kappa shape index (κ2) is 8.81. The van der Waals surface area contributed by atoms with Gasteiger partial charge in [0.15, 0.2) is 4.33 Å². The van der Waals surface area contributed by atoms with Gasteiger partial charge in [-0.1, -0.05) is 72.2 Å². The second-order valence-electron chi connectivity index (χ2n) is 7.69. The topological polar surface area (TPSA) is 52.6 Å². The second-order valence-corrected chi connectivity index (χ2v) is 9.02. The Bertz CT molecular complexity index is 1220. The molecular formula is C26H20Cl2O4. The Morgan fingerprint density at radius 3 is 1.91 bits per heavy atom. The Balaban J connectivity index is 1.58. The van der Waals surface area contributed by atoms with Crippen LogP contribution in [-0.4, -0.2) is 18.5 Å². The van der Waals surface area contributed by atoms with Crippen molar-refractivity contribution in [3.63, 3.8) is 0 Å². The standard InChI is InChI=1S/C26H20Cl2O4/c1-16(2)14-31-24(29)18-8-10-20-21-11-9-19(13-23(21)26(27,28)22(20)12-18)25(30)32-15-17-6-4-3-5-7-17/h3-13H,1,14-15H2,2H3. The van der Waals surface area contributed by atoms with Crippen molar-refractivity contribution in [2.45, 2.75) is 17.9 Å². The van der Waals surface area contributed by atoms with Crippen molar-refractivity contribution in [1.82, 2.24) is 0 Å². The van der Waals surface area contributed by atoms with Gasteiger partial charge in [0, 0.05) is 11.1 Å². The SMILES string of the molecule is C=C(C)COC(=O)c1ccc2c(c1)C(Cl)(Cl)c1cc(C(=O)OCc3ccccc3)ccc1-2. The number of hydrogen-bond donors (Lipinski definition) is 0. The number of fused-ring (bicyclic) bond motifs is 3. The van der Waals surface area contributed by atoms with Crippen LogP contribution in [0.1, 0.15) is 44.3 Å². The number of benzene rings is 3. The summed E-state index contributed by atoms with van der Waals surface area (Å²) in [5.74, 6) is -0.957. The lowest BCUT2D eigenvalue weighted by atomic mass is 10.0. The summed E-state index contributed by atoms with van der Waals surface area (Å²) in [6.07, 6.45) is 0. The molecule has 1 aliphatic rings. The molecule has 0 fully saturated rings. The number of ether oxygens (including phenoxy) is 2. The van der Waals surface area contributed by atoms with Gasteiger partial charge in [-0.15, -0.1) is 0 Å². The molecule has 0 aromatic heterocycles. The lowest BCUT2D eigenvalue weighted by Gasteiger charge is -2.17. The Morgan fingerprint density at radius 2 is 1.38 bits per heavy atom. The molecule has 4 rings (SSSR count). The van der Waals surface area contributed by atoms with Crippen molar-refractivity contribution >= 4 is 35.1 Å². The zero-order valence-electron chi connectivity index (χ0n) is 17.4. The van der Waals surface area contributed by atoms with Crippen LogP contribution in [0.5, 0.6) is 0 Å². The summed E-state index contributed by atoms with van der Waals surface area (Å²) in [4.78, 5) is 24.9. The maximum Gasteiger partial charge on any atom is 0.338 e. The summed E-state index contributed by atoms with van der Waals surface area (Å²) in [5.41, 5.74) is 5.04. The van der Waals surface area contributed by atoms with E-state index in [0.29, 0.717) is 22.3 Å². The molecule has 0 spiro atoms. The van der Waals surface area contributed by atoms with E-state index < -0.39 is 16.3 Å². The van der Waals surface area contributed by atoms with E-state index in [9.17, 15) is 9.59 Å². The van der Waals surface area contributed by atoms with Crippen molar-refractivity contribution in [3.8, 4) is 11.1 Å². The molecule has 0 heterocycles. The van der Waals surface area contributed by atoms with Gasteiger partial charge in [-0.3, -0.25) is 0 Å². The van der Waals surface area contributed by atoms with E-state index in [4.69, 9.17) is 32.7 Å². The lowest BCUT2D eigenvalue weighted by molar-refractivity contribution is 0.0471. The normalized spacial score (nSPS) is 13.1.